The first-order valence-corrected chi connectivity index (χ1v) is 6.71. The Balaban J connectivity index is 1.92. The lowest BCUT2D eigenvalue weighted by molar-refractivity contribution is 0.0605. The molecule has 19 heavy (non-hydrogen) atoms. The van der Waals surface area contributed by atoms with Gasteiger partial charge in [-0.05, 0) is 31.0 Å². The molecule has 1 N–H and O–H groups in total. The zero-order chi connectivity index (χ0) is 13.7. The van der Waals surface area contributed by atoms with E-state index in [2.05, 4.69) is 15.3 Å². The first kappa shape index (κ1) is 13.5. The summed E-state index contributed by atoms with van der Waals surface area (Å²) >= 11 is 1.32. The zero-order valence-electron chi connectivity index (χ0n) is 10.8. The van der Waals surface area contributed by atoms with Crippen molar-refractivity contribution in [3.05, 3.63) is 40.7 Å². The van der Waals surface area contributed by atoms with Gasteiger partial charge in [-0.15, -0.1) is 0 Å². The highest BCUT2D eigenvalue weighted by Gasteiger charge is 2.15. The number of carbonyl (C=O) groups excluding carboxylic acids is 1. The van der Waals surface area contributed by atoms with Crippen LogP contribution in [-0.2, 0) is 11.2 Å². The summed E-state index contributed by atoms with van der Waals surface area (Å²) in [6, 6.07) is 3.96. The molecule has 5 nitrogen and oxygen atoms in total. The van der Waals surface area contributed by atoms with Crippen LogP contribution in [0.25, 0.3) is 0 Å². The second-order valence-corrected chi connectivity index (χ2v) is 4.96. The topological polar surface area (TPSA) is 64.1 Å². The molecule has 0 atom stereocenters. The molecule has 2 aromatic rings. The van der Waals surface area contributed by atoms with Crippen LogP contribution >= 0.6 is 11.3 Å². The number of pyridine rings is 1. The fourth-order valence-corrected chi connectivity index (χ4v) is 2.53. The van der Waals surface area contributed by atoms with Crippen LogP contribution in [-0.4, -0.2) is 29.6 Å². The third-order valence-corrected chi connectivity index (χ3v) is 3.70. The predicted octanol–water partition coefficient (Wildman–Crippen LogP) is 2.29. The van der Waals surface area contributed by atoms with E-state index < -0.39 is 0 Å². The number of nitrogens with zero attached hydrogens (tertiary/aromatic N) is 2. The molecule has 0 radical (unpaired) electrons. The van der Waals surface area contributed by atoms with Crippen molar-refractivity contribution in [3.63, 3.8) is 0 Å². The van der Waals surface area contributed by atoms with E-state index in [0.29, 0.717) is 10.6 Å². The third kappa shape index (κ3) is 3.51. The second-order valence-electron chi connectivity index (χ2n) is 3.96. The molecule has 0 saturated carbocycles. The van der Waals surface area contributed by atoms with Gasteiger partial charge in [0.2, 0.25) is 0 Å². The minimum atomic E-state index is -0.336. The van der Waals surface area contributed by atoms with Gasteiger partial charge in [0.15, 0.2) is 5.13 Å². The fourth-order valence-electron chi connectivity index (χ4n) is 1.62. The third-order valence-electron chi connectivity index (χ3n) is 2.61. The minimum Gasteiger partial charge on any atom is -0.465 e. The van der Waals surface area contributed by atoms with Gasteiger partial charge in [0.1, 0.15) is 4.88 Å². The summed E-state index contributed by atoms with van der Waals surface area (Å²) in [4.78, 5) is 20.3. The second kappa shape index (κ2) is 6.29. The molecule has 0 aliphatic heterocycles. The van der Waals surface area contributed by atoms with E-state index in [4.69, 9.17) is 4.74 Å². The molecule has 0 aromatic carbocycles. The quantitative estimate of drug-likeness (QED) is 0.849. The fraction of sp³-hybridized carbons (Fsp3) is 0.308. The van der Waals surface area contributed by atoms with Crippen LogP contribution in [0, 0.1) is 6.92 Å². The number of anilines is 1. The standard InChI is InChI=1S/C13H15N3O2S/c1-9-11(12(17)18-2)19-13(16-9)15-8-5-10-3-6-14-7-4-10/h3-4,6-7H,5,8H2,1-2H3,(H,15,16). The van der Waals surface area contributed by atoms with Crippen LogP contribution in [0.4, 0.5) is 5.13 Å². The van der Waals surface area contributed by atoms with E-state index in [1.165, 1.54) is 24.0 Å². The van der Waals surface area contributed by atoms with Crippen LogP contribution in [0.1, 0.15) is 20.9 Å². The molecule has 0 amide bonds. The summed E-state index contributed by atoms with van der Waals surface area (Å²) < 4.78 is 4.70. The Hall–Kier alpha value is -1.95. The first-order valence-electron chi connectivity index (χ1n) is 5.89. The smallest absolute Gasteiger partial charge is 0.350 e. The molecule has 100 valence electrons. The largest absolute Gasteiger partial charge is 0.465 e. The molecule has 2 heterocycles. The summed E-state index contributed by atoms with van der Waals surface area (Å²) in [5.74, 6) is -0.336. The molecule has 0 unspecified atom stereocenters. The molecular weight excluding hydrogens is 262 g/mol. The summed E-state index contributed by atoms with van der Waals surface area (Å²) in [7, 11) is 1.37. The Morgan fingerprint density at radius 1 is 1.42 bits per heavy atom. The number of ether oxygens (including phenoxy) is 1. The van der Waals surface area contributed by atoms with Gasteiger partial charge in [0.05, 0.1) is 12.8 Å². The normalized spacial score (nSPS) is 10.2. The molecule has 0 spiro atoms. The molecule has 6 heteroatoms. The molecule has 0 saturated heterocycles. The molecule has 0 aliphatic carbocycles. The number of carbonyl (C=O) groups is 1. The van der Waals surface area contributed by atoms with Crippen LogP contribution in [0.5, 0.6) is 0 Å². The van der Waals surface area contributed by atoms with Gasteiger partial charge in [0, 0.05) is 18.9 Å². The van der Waals surface area contributed by atoms with Crippen LogP contribution in [0.3, 0.4) is 0 Å². The maximum Gasteiger partial charge on any atom is 0.350 e. The lowest BCUT2D eigenvalue weighted by atomic mass is 10.2. The average molecular weight is 277 g/mol. The molecular formula is C13H15N3O2S. The summed E-state index contributed by atoms with van der Waals surface area (Å²) in [5.41, 5.74) is 1.91. The number of thiazole rings is 1. The van der Waals surface area contributed by atoms with Crippen molar-refractivity contribution >= 4 is 22.4 Å². The molecule has 2 rings (SSSR count). The van der Waals surface area contributed by atoms with Crippen LogP contribution < -0.4 is 5.32 Å². The van der Waals surface area contributed by atoms with Gasteiger partial charge in [-0.1, -0.05) is 11.3 Å². The lowest BCUT2D eigenvalue weighted by Gasteiger charge is -2.02. The Labute approximate surface area is 115 Å². The number of aromatic nitrogens is 2. The predicted molar refractivity (Wildman–Crippen MR) is 74.6 cm³/mol. The van der Waals surface area contributed by atoms with Crippen LogP contribution in [0.2, 0.25) is 0 Å². The number of aryl methyl sites for hydroxylation is 1. The first-order chi connectivity index (χ1) is 9.20. The molecule has 0 bridgehead atoms. The maximum absolute atomic E-state index is 11.5. The Kier molecular flexibility index (Phi) is 4.46. The van der Waals surface area contributed by atoms with E-state index in [1.54, 1.807) is 19.3 Å². The summed E-state index contributed by atoms with van der Waals surface area (Å²) in [6.45, 7) is 2.56. The highest BCUT2D eigenvalue weighted by Crippen LogP contribution is 2.23. The van der Waals surface area contributed by atoms with Crippen molar-refractivity contribution in [2.45, 2.75) is 13.3 Å². The highest BCUT2D eigenvalue weighted by molar-refractivity contribution is 7.17. The number of esters is 1. The number of rotatable bonds is 5. The van der Waals surface area contributed by atoms with Gasteiger partial charge in [-0.3, -0.25) is 4.98 Å². The number of hydrogen-bond acceptors (Lipinski definition) is 6. The molecule has 0 aliphatic rings. The van der Waals surface area contributed by atoms with Crippen molar-refractivity contribution in [3.8, 4) is 0 Å². The van der Waals surface area contributed by atoms with Crippen molar-refractivity contribution in [2.75, 3.05) is 19.0 Å². The van der Waals surface area contributed by atoms with E-state index in [1.807, 2.05) is 12.1 Å². The maximum atomic E-state index is 11.5. The lowest BCUT2D eigenvalue weighted by Crippen LogP contribution is -2.04. The Morgan fingerprint density at radius 2 is 2.16 bits per heavy atom. The van der Waals surface area contributed by atoms with Gasteiger partial charge in [0.25, 0.3) is 0 Å². The zero-order valence-corrected chi connectivity index (χ0v) is 11.7. The van der Waals surface area contributed by atoms with Gasteiger partial charge >= 0.3 is 5.97 Å². The number of methoxy groups -OCH3 is 1. The highest BCUT2D eigenvalue weighted by atomic mass is 32.1. The number of hydrogen-bond donors (Lipinski definition) is 1. The van der Waals surface area contributed by atoms with E-state index in [-0.39, 0.29) is 5.97 Å². The van der Waals surface area contributed by atoms with Crippen molar-refractivity contribution in [1.82, 2.24) is 9.97 Å². The number of nitrogens with one attached hydrogen (secondary N) is 1. The Morgan fingerprint density at radius 3 is 2.84 bits per heavy atom. The van der Waals surface area contributed by atoms with Crippen molar-refractivity contribution < 1.29 is 9.53 Å². The molecule has 0 fully saturated rings. The van der Waals surface area contributed by atoms with Crippen molar-refractivity contribution in [2.24, 2.45) is 0 Å². The van der Waals surface area contributed by atoms with Crippen molar-refractivity contribution in [1.29, 1.82) is 0 Å². The minimum absolute atomic E-state index is 0.336. The van der Waals surface area contributed by atoms with E-state index in [9.17, 15) is 4.79 Å². The summed E-state index contributed by atoms with van der Waals surface area (Å²) in [5, 5.41) is 3.96. The van der Waals surface area contributed by atoms with Crippen LogP contribution in [0.15, 0.2) is 24.5 Å². The Bertz CT molecular complexity index is 554. The van der Waals surface area contributed by atoms with Gasteiger partial charge in [-0.2, -0.15) is 0 Å². The van der Waals surface area contributed by atoms with Gasteiger partial charge < -0.3 is 10.1 Å². The van der Waals surface area contributed by atoms with E-state index >= 15 is 0 Å². The van der Waals surface area contributed by atoms with E-state index in [0.717, 1.165) is 18.1 Å². The SMILES string of the molecule is COC(=O)c1sc(NCCc2ccncc2)nc1C. The average Bonchev–Trinajstić information content (AvgIpc) is 2.80. The monoisotopic (exact) mass is 277 g/mol. The summed E-state index contributed by atoms with van der Waals surface area (Å²) in [6.07, 6.45) is 4.44. The van der Waals surface area contributed by atoms with Gasteiger partial charge in [-0.25, -0.2) is 9.78 Å². The molecule has 2 aromatic heterocycles.